The summed E-state index contributed by atoms with van der Waals surface area (Å²) in [6.07, 6.45) is 23.5. The SMILES string of the molecule is C1=CCCC(c2ccc(N(C3=CC=C(c4ccccc4)CC3)c3cccc4cc5c(cc34)C3CC=CC=C3N5c3ccccc3)cc2)=C1. The van der Waals surface area contributed by atoms with Gasteiger partial charge in [0.25, 0.3) is 0 Å². The van der Waals surface area contributed by atoms with Crippen molar-refractivity contribution < 1.29 is 0 Å². The Balaban J connectivity index is 1.19. The fourth-order valence-electron chi connectivity index (χ4n) is 7.95. The van der Waals surface area contributed by atoms with E-state index in [0.29, 0.717) is 5.92 Å². The lowest BCUT2D eigenvalue weighted by Gasteiger charge is -2.31. The largest absolute Gasteiger partial charge is 0.314 e. The second-order valence-corrected chi connectivity index (χ2v) is 13.1. The van der Waals surface area contributed by atoms with Crippen LogP contribution in [0.5, 0.6) is 0 Å². The molecule has 0 bridgehead atoms. The van der Waals surface area contributed by atoms with E-state index < -0.39 is 0 Å². The van der Waals surface area contributed by atoms with Crippen molar-refractivity contribution in [1.29, 1.82) is 0 Å². The monoisotopic (exact) mass is 618 g/mol. The summed E-state index contributed by atoms with van der Waals surface area (Å²) >= 11 is 0. The zero-order chi connectivity index (χ0) is 31.9. The molecule has 0 spiro atoms. The van der Waals surface area contributed by atoms with Crippen molar-refractivity contribution in [2.24, 2.45) is 0 Å². The maximum Gasteiger partial charge on any atom is 0.0536 e. The number of anilines is 4. The van der Waals surface area contributed by atoms with Gasteiger partial charge in [-0.05, 0) is 120 Å². The molecule has 5 aromatic rings. The average Bonchev–Trinajstić information content (AvgIpc) is 3.49. The van der Waals surface area contributed by atoms with E-state index in [-0.39, 0.29) is 0 Å². The molecule has 0 amide bonds. The smallest absolute Gasteiger partial charge is 0.0536 e. The van der Waals surface area contributed by atoms with E-state index >= 15 is 0 Å². The van der Waals surface area contributed by atoms with Gasteiger partial charge in [-0.1, -0.05) is 109 Å². The van der Waals surface area contributed by atoms with Gasteiger partial charge in [0.2, 0.25) is 0 Å². The van der Waals surface area contributed by atoms with Crippen LogP contribution >= 0.6 is 0 Å². The molecule has 0 saturated heterocycles. The first-order valence-electron chi connectivity index (χ1n) is 17.3. The number of hydrogen-bond donors (Lipinski definition) is 0. The van der Waals surface area contributed by atoms with Crippen molar-refractivity contribution in [3.05, 3.63) is 192 Å². The van der Waals surface area contributed by atoms with Gasteiger partial charge in [0.1, 0.15) is 0 Å². The van der Waals surface area contributed by atoms with E-state index in [1.54, 1.807) is 0 Å². The average molecular weight is 619 g/mol. The van der Waals surface area contributed by atoms with Crippen LogP contribution in [0.15, 0.2) is 175 Å². The quantitative estimate of drug-likeness (QED) is 0.187. The van der Waals surface area contributed by atoms with E-state index in [2.05, 4.69) is 174 Å². The third kappa shape index (κ3) is 5.05. The Morgan fingerprint density at radius 1 is 0.604 bits per heavy atom. The van der Waals surface area contributed by atoms with Crippen LogP contribution in [0, 0.1) is 0 Å². The molecular formula is C46H38N2. The molecule has 1 aliphatic heterocycles. The Morgan fingerprint density at radius 2 is 1.38 bits per heavy atom. The van der Waals surface area contributed by atoms with Crippen molar-refractivity contribution >= 4 is 44.7 Å². The molecule has 1 atom stereocenters. The molecule has 4 aliphatic rings. The van der Waals surface area contributed by atoms with E-state index in [1.165, 1.54) is 72.8 Å². The Kier molecular flexibility index (Phi) is 7.28. The molecule has 0 N–H and O–H groups in total. The summed E-state index contributed by atoms with van der Waals surface area (Å²) in [6, 6.07) is 42.7. The van der Waals surface area contributed by atoms with Crippen LogP contribution in [0.2, 0.25) is 0 Å². The standard InChI is InChI=1S/C46H38N2/c1-4-13-33(14-5-1)35-23-27-39(28-24-35)47(40-29-25-36(26-30-40)34-15-6-2-7-16-34)45-22-12-17-37-31-46-43(32-42(37)45)41-20-10-11-21-44(41)48(46)38-18-8-3-9-19-38/h1-6,8-15,17-19,21-23,25-27,29-32,41H,7,16,20,24,28H2. The van der Waals surface area contributed by atoms with Gasteiger partial charge in [0.05, 0.1) is 11.4 Å². The minimum atomic E-state index is 0.346. The normalized spacial score (nSPS) is 18.1. The molecule has 0 radical (unpaired) electrons. The number of allylic oxidation sites excluding steroid dienone is 12. The lowest BCUT2D eigenvalue weighted by Crippen LogP contribution is -2.18. The Hall–Kier alpha value is -5.60. The van der Waals surface area contributed by atoms with Crippen LogP contribution in [-0.2, 0) is 0 Å². The molecule has 0 fully saturated rings. The zero-order valence-corrected chi connectivity index (χ0v) is 27.1. The highest BCUT2D eigenvalue weighted by atomic mass is 15.2. The zero-order valence-electron chi connectivity index (χ0n) is 27.1. The summed E-state index contributed by atoms with van der Waals surface area (Å²) in [5.41, 5.74) is 14.5. The maximum atomic E-state index is 2.52. The van der Waals surface area contributed by atoms with Gasteiger partial charge < -0.3 is 9.80 Å². The van der Waals surface area contributed by atoms with Gasteiger partial charge in [0, 0.05) is 34.1 Å². The summed E-state index contributed by atoms with van der Waals surface area (Å²) in [5, 5.41) is 2.56. The summed E-state index contributed by atoms with van der Waals surface area (Å²) in [6.45, 7) is 0. The molecule has 48 heavy (non-hydrogen) atoms. The van der Waals surface area contributed by atoms with Crippen molar-refractivity contribution in [3.8, 4) is 0 Å². The summed E-state index contributed by atoms with van der Waals surface area (Å²) in [5.74, 6) is 0.346. The first-order chi connectivity index (χ1) is 23.8. The van der Waals surface area contributed by atoms with Crippen LogP contribution in [0.1, 0.15) is 54.7 Å². The topological polar surface area (TPSA) is 6.48 Å². The minimum Gasteiger partial charge on any atom is -0.314 e. The van der Waals surface area contributed by atoms with E-state index in [9.17, 15) is 0 Å². The van der Waals surface area contributed by atoms with Crippen molar-refractivity contribution in [2.75, 3.05) is 9.80 Å². The van der Waals surface area contributed by atoms with Crippen LogP contribution in [-0.4, -0.2) is 0 Å². The van der Waals surface area contributed by atoms with Crippen molar-refractivity contribution in [2.45, 2.75) is 38.0 Å². The highest BCUT2D eigenvalue weighted by Crippen LogP contribution is 2.53. The highest BCUT2D eigenvalue weighted by molar-refractivity contribution is 6.01. The number of rotatable bonds is 6. The predicted molar refractivity (Wildman–Crippen MR) is 204 cm³/mol. The summed E-state index contributed by atoms with van der Waals surface area (Å²) < 4.78 is 0. The molecule has 3 aliphatic carbocycles. The first-order valence-corrected chi connectivity index (χ1v) is 17.3. The van der Waals surface area contributed by atoms with Crippen LogP contribution in [0.25, 0.3) is 21.9 Å². The Bertz CT molecular complexity index is 2190. The summed E-state index contributed by atoms with van der Waals surface area (Å²) in [4.78, 5) is 4.99. The fourth-order valence-corrected chi connectivity index (χ4v) is 7.95. The molecular weight excluding hydrogens is 581 g/mol. The molecule has 232 valence electrons. The van der Waals surface area contributed by atoms with E-state index in [0.717, 1.165) is 32.1 Å². The van der Waals surface area contributed by atoms with Gasteiger partial charge in [0.15, 0.2) is 0 Å². The van der Waals surface area contributed by atoms with Gasteiger partial charge >= 0.3 is 0 Å². The van der Waals surface area contributed by atoms with Gasteiger partial charge in [-0.3, -0.25) is 0 Å². The molecule has 0 aromatic heterocycles. The predicted octanol–water partition coefficient (Wildman–Crippen LogP) is 12.6. The molecule has 1 heterocycles. The molecule has 9 rings (SSSR count). The number of benzene rings is 5. The lowest BCUT2D eigenvalue weighted by atomic mass is 9.90. The molecule has 2 nitrogen and oxygen atoms in total. The van der Waals surface area contributed by atoms with Gasteiger partial charge in [-0.2, -0.15) is 0 Å². The van der Waals surface area contributed by atoms with E-state index in [4.69, 9.17) is 0 Å². The lowest BCUT2D eigenvalue weighted by molar-refractivity contribution is 0.820. The molecule has 1 unspecified atom stereocenters. The minimum absolute atomic E-state index is 0.346. The Labute approximate surface area is 283 Å². The third-order valence-corrected chi connectivity index (χ3v) is 10.3. The number of hydrogen-bond acceptors (Lipinski definition) is 2. The van der Waals surface area contributed by atoms with Crippen molar-refractivity contribution in [3.63, 3.8) is 0 Å². The third-order valence-electron chi connectivity index (χ3n) is 10.3. The first kappa shape index (κ1) is 28.6. The van der Waals surface area contributed by atoms with Crippen LogP contribution < -0.4 is 9.80 Å². The van der Waals surface area contributed by atoms with Crippen LogP contribution in [0.4, 0.5) is 22.7 Å². The number of para-hydroxylation sites is 1. The fraction of sp³-hybridized carbons (Fsp3) is 0.130. The van der Waals surface area contributed by atoms with Crippen molar-refractivity contribution in [1.82, 2.24) is 0 Å². The maximum absolute atomic E-state index is 2.52. The highest BCUT2D eigenvalue weighted by Gasteiger charge is 2.35. The number of nitrogens with zero attached hydrogens (tertiary/aromatic N) is 2. The molecule has 0 saturated carbocycles. The molecule has 2 heteroatoms. The summed E-state index contributed by atoms with van der Waals surface area (Å²) in [7, 11) is 0. The van der Waals surface area contributed by atoms with Crippen LogP contribution in [0.3, 0.4) is 0 Å². The number of fused-ring (bicyclic) bond motifs is 4. The Morgan fingerprint density at radius 3 is 2.15 bits per heavy atom. The van der Waals surface area contributed by atoms with Gasteiger partial charge in [-0.25, -0.2) is 0 Å². The second-order valence-electron chi connectivity index (χ2n) is 13.1. The van der Waals surface area contributed by atoms with Gasteiger partial charge in [-0.15, -0.1) is 0 Å². The molecule has 5 aromatic carbocycles. The van der Waals surface area contributed by atoms with E-state index in [1.807, 2.05) is 0 Å². The second kappa shape index (κ2) is 12.2.